The Hall–Kier alpha value is -3.59. The van der Waals surface area contributed by atoms with E-state index in [1.54, 1.807) is 16.7 Å². The first-order chi connectivity index (χ1) is 15.0. The van der Waals surface area contributed by atoms with Crippen molar-refractivity contribution >= 4 is 35.0 Å². The third-order valence-corrected chi connectivity index (χ3v) is 6.16. The molecule has 1 atom stereocenters. The van der Waals surface area contributed by atoms with Crippen LogP contribution in [0.5, 0.6) is 0 Å². The molecule has 2 aromatic carbocycles. The van der Waals surface area contributed by atoms with Crippen LogP contribution in [0, 0.1) is 10.1 Å². The van der Waals surface area contributed by atoms with E-state index in [0.717, 1.165) is 22.2 Å². The second-order valence-corrected chi connectivity index (χ2v) is 8.06. The molecular weight excluding hydrogens is 418 g/mol. The number of esters is 1. The highest BCUT2D eigenvalue weighted by atomic mass is 32.2. The summed E-state index contributed by atoms with van der Waals surface area (Å²) in [7, 11) is 1.51. The smallest absolute Gasteiger partial charge is 0.355 e. The number of rotatable bonds is 5. The van der Waals surface area contributed by atoms with Gasteiger partial charge in [-0.25, -0.2) is 4.79 Å². The Bertz CT molecular complexity index is 1150. The zero-order valence-corrected chi connectivity index (χ0v) is 17.5. The number of nitrogens with zero attached hydrogens (tertiary/aromatic N) is 3. The van der Waals surface area contributed by atoms with E-state index < -0.39 is 17.5 Å². The molecule has 31 heavy (non-hydrogen) atoms. The second-order valence-electron chi connectivity index (χ2n) is 7.00. The summed E-state index contributed by atoms with van der Waals surface area (Å²) in [4.78, 5) is 38.6. The van der Waals surface area contributed by atoms with Crippen LogP contribution in [-0.2, 0) is 16.6 Å². The first-order valence-electron chi connectivity index (χ1n) is 9.52. The van der Waals surface area contributed by atoms with Gasteiger partial charge in [0, 0.05) is 23.8 Å². The molecule has 1 unspecified atom stereocenters. The number of aromatic nitrogens is 1. The minimum absolute atomic E-state index is 0.00806. The van der Waals surface area contributed by atoms with Crippen molar-refractivity contribution < 1.29 is 19.2 Å². The molecule has 3 aromatic rings. The lowest BCUT2D eigenvalue weighted by Crippen LogP contribution is -2.41. The summed E-state index contributed by atoms with van der Waals surface area (Å²) < 4.78 is 6.55. The number of benzene rings is 2. The Morgan fingerprint density at radius 1 is 1.16 bits per heavy atom. The molecule has 4 rings (SSSR count). The maximum atomic E-state index is 13.2. The molecule has 0 radical (unpaired) electrons. The van der Waals surface area contributed by atoms with Gasteiger partial charge >= 0.3 is 5.97 Å². The van der Waals surface area contributed by atoms with Crippen LogP contribution in [0.1, 0.15) is 22.1 Å². The predicted molar refractivity (Wildman–Crippen MR) is 116 cm³/mol. The summed E-state index contributed by atoms with van der Waals surface area (Å²) in [5.41, 5.74) is 1.55. The third-order valence-electron chi connectivity index (χ3n) is 5.02. The predicted octanol–water partition coefficient (Wildman–Crippen LogP) is 3.97. The van der Waals surface area contributed by atoms with Crippen LogP contribution >= 0.6 is 11.8 Å². The topological polar surface area (TPSA) is 94.7 Å². The fraction of sp³-hybridized carbons (Fsp3) is 0.182. The number of thioether (sulfide) groups is 1. The standard InChI is InChI=1S/C22H19N3O5S/c1-23-12-16(25(28)29)11-18(23)22(27)30-13-21(26)24-17-9-5-6-10-20(17)31-14-19(24)15-7-3-2-4-8-15/h2-12,19H,13-14H2,1H3. The highest BCUT2D eigenvalue weighted by Crippen LogP contribution is 2.43. The van der Waals surface area contributed by atoms with Gasteiger partial charge in [0.15, 0.2) is 6.61 Å². The SMILES string of the molecule is Cn1cc([N+](=O)[O-])cc1C(=O)OCC(=O)N1c2ccccc2SCC1c1ccccc1. The molecule has 2 heterocycles. The van der Waals surface area contributed by atoms with Gasteiger partial charge in [-0.05, 0) is 17.7 Å². The fourth-order valence-electron chi connectivity index (χ4n) is 3.54. The van der Waals surface area contributed by atoms with Crippen molar-refractivity contribution in [2.24, 2.45) is 7.05 Å². The van der Waals surface area contributed by atoms with Crippen molar-refractivity contribution in [3.8, 4) is 0 Å². The van der Waals surface area contributed by atoms with E-state index in [0.29, 0.717) is 5.75 Å². The van der Waals surface area contributed by atoms with Crippen LogP contribution in [-0.4, -0.2) is 33.7 Å². The maximum absolute atomic E-state index is 13.2. The molecule has 1 amide bonds. The van der Waals surface area contributed by atoms with Crippen molar-refractivity contribution in [1.82, 2.24) is 4.57 Å². The lowest BCUT2D eigenvalue weighted by atomic mass is 10.1. The van der Waals surface area contributed by atoms with Crippen LogP contribution in [0.25, 0.3) is 0 Å². The second kappa shape index (κ2) is 8.65. The molecule has 0 saturated heterocycles. The van der Waals surface area contributed by atoms with Crippen LogP contribution in [0.3, 0.4) is 0 Å². The molecule has 158 valence electrons. The number of hydrogen-bond acceptors (Lipinski definition) is 6. The average molecular weight is 437 g/mol. The van der Waals surface area contributed by atoms with Gasteiger partial charge in [0.05, 0.1) is 22.8 Å². The quantitative estimate of drug-likeness (QED) is 0.341. The first kappa shape index (κ1) is 20.7. The summed E-state index contributed by atoms with van der Waals surface area (Å²) in [6.45, 7) is -0.472. The number of ether oxygens (including phenoxy) is 1. The Morgan fingerprint density at radius 2 is 1.87 bits per heavy atom. The highest BCUT2D eigenvalue weighted by molar-refractivity contribution is 7.99. The molecule has 0 fully saturated rings. The molecule has 1 aliphatic rings. The number of nitro groups is 1. The van der Waals surface area contributed by atoms with Crippen LogP contribution in [0.15, 0.2) is 71.8 Å². The van der Waals surface area contributed by atoms with Crippen LogP contribution in [0.4, 0.5) is 11.4 Å². The summed E-state index contributed by atoms with van der Waals surface area (Å²) in [6, 6.07) is 18.2. The molecule has 1 aromatic heterocycles. The number of carbonyl (C=O) groups is 2. The largest absolute Gasteiger partial charge is 0.451 e. The Balaban J connectivity index is 1.56. The van der Waals surface area contributed by atoms with Gasteiger partial charge in [-0.1, -0.05) is 42.5 Å². The minimum Gasteiger partial charge on any atom is -0.451 e. The number of carbonyl (C=O) groups excluding carboxylic acids is 2. The Labute approximate surface area is 182 Å². The van der Waals surface area contributed by atoms with Crippen molar-refractivity contribution in [3.63, 3.8) is 0 Å². The molecule has 0 N–H and O–H groups in total. The van der Waals surface area contributed by atoms with E-state index in [4.69, 9.17) is 4.74 Å². The lowest BCUT2D eigenvalue weighted by molar-refractivity contribution is -0.384. The number of aryl methyl sites for hydroxylation is 1. The molecule has 8 nitrogen and oxygen atoms in total. The van der Waals surface area contributed by atoms with Crippen molar-refractivity contribution in [2.45, 2.75) is 10.9 Å². The molecular formula is C22H19N3O5S. The summed E-state index contributed by atoms with van der Waals surface area (Å²) in [6.07, 6.45) is 1.22. The van der Waals surface area contributed by atoms with E-state index in [9.17, 15) is 19.7 Å². The summed E-state index contributed by atoms with van der Waals surface area (Å²) in [5.74, 6) is -0.483. The minimum atomic E-state index is -0.792. The Kier molecular flexibility index (Phi) is 5.77. The van der Waals surface area contributed by atoms with E-state index in [2.05, 4.69) is 0 Å². The van der Waals surface area contributed by atoms with Gasteiger partial charge < -0.3 is 9.30 Å². The van der Waals surface area contributed by atoms with E-state index in [-0.39, 0.29) is 23.3 Å². The van der Waals surface area contributed by atoms with Gasteiger partial charge in [0.2, 0.25) is 0 Å². The van der Waals surface area contributed by atoms with Gasteiger partial charge in [0.25, 0.3) is 11.6 Å². The first-order valence-corrected chi connectivity index (χ1v) is 10.5. The number of anilines is 1. The van der Waals surface area contributed by atoms with E-state index in [1.165, 1.54) is 17.8 Å². The molecule has 0 saturated carbocycles. The van der Waals surface area contributed by atoms with Gasteiger partial charge in [-0.2, -0.15) is 0 Å². The zero-order chi connectivity index (χ0) is 22.0. The van der Waals surface area contributed by atoms with Crippen molar-refractivity contribution in [3.05, 3.63) is 88.2 Å². The van der Waals surface area contributed by atoms with Crippen LogP contribution in [0.2, 0.25) is 0 Å². The van der Waals surface area contributed by atoms with Gasteiger partial charge in [0.1, 0.15) is 5.69 Å². The fourth-order valence-corrected chi connectivity index (χ4v) is 4.71. The summed E-state index contributed by atoms with van der Waals surface area (Å²) >= 11 is 1.67. The monoisotopic (exact) mass is 437 g/mol. The van der Waals surface area contributed by atoms with E-state index >= 15 is 0 Å². The third kappa shape index (κ3) is 4.17. The van der Waals surface area contributed by atoms with Crippen molar-refractivity contribution in [2.75, 3.05) is 17.3 Å². The molecule has 1 aliphatic heterocycles. The lowest BCUT2D eigenvalue weighted by Gasteiger charge is -2.37. The number of amides is 1. The summed E-state index contributed by atoms with van der Waals surface area (Å²) in [5, 5.41) is 10.9. The van der Waals surface area contributed by atoms with Gasteiger partial charge in [-0.15, -0.1) is 11.8 Å². The average Bonchev–Trinajstić information content (AvgIpc) is 3.19. The van der Waals surface area contributed by atoms with E-state index in [1.807, 2.05) is 54.6 Å². The number of hydrogen-bond donors (Lipinski definition) is 0. The molecule has 0 spiro atoms. The molecule has 0 bridgehead atoms. The number of para-hydroxylation sites is 1. The Morgan fingerprint density at radius 3 is 2.58 bits per heavy atom. The highest BCUT2D eigenvalue weighted by Gasteiger charge is 2.33. The number of fused-ring (bicyclic) bond motifs is 1. The molecule has 9 heteroatoms. The van der Waals surface area contributed by atoms with Crippen molar-refractivity contribution in [1.29, 1.82) is 0 Å². The van der Waals surface area contributed by atoms with Gasteiger partial charge in [-0.3, -0.25) is 19.8 Å². The normalized spacial score (nSPS) is 15.3. The van der Waals surface area contributed by atoms with Crippen LogP contribution < -0.4 is 4.90 Å². The molecule has 0 aliphatic carbocycles. The maximum Gasteiger partial charge on any atom is 0.355 e. The zero-order valence-electron chi connectivity index (χ0n) is 16.6.